The van der Waals surface area contributed by atoms with Crippen LogP contribution >= 0.6 is 0 Å². The summed E-state index contributed by atoms with van der Waals surface area (Å²) < 4.78 is 44.1. The lowest BCUT2D eigenvalue weighted by molar-refractivity contribution is -0.136. The average molecular weight is 341 g/mol. The van der Waals surface area contributed by atoms with Crippen LogP contribution < -0.4 is 10.6 Å². The highest BCUT2D eigenvalue weighted by Crippen LogP contribution is 2.34. The zero-order valence-electron chi connectivity index (χ0n) is 13.2. The van der Waals surface area contributed by atoms with Crippen LogP contribution in [0.3, 0.4) is 0 Å². The number of carbonyl (C=O) groups excluding carboxylic acids is 1. The van der Waals surface area contributed by atoms with Crippen LogP contribution in [-0.2, 0) is 6.18 Å². The first-order valence-corrected chi connectivity index (χ1v) is 7.20. The second kappa shape index (κ2) is 7.39. The van der Waals surface area contributed by atoms with Crippen LogP contribution in [0.5, 0.6) is 0 Å². The summed E-state index contributed by atoms with van der Waals surface area (Å²) in [6, 6.07) is 7.36. The molecule has 1 aromatic carbocycles. The zero-order valence-corrected chi connectivity index (χ0v) is 13.2. The van der Waals surface area contributed by atoms with Gasteiger partial charge >= 0.3 is 12.2 Å². The third-order valence-electron chi connectivity index (χ3n) is 3.43. The van der Waals surface area contributed by atoms with Gasteiger partial charge in [-0.3, -0.25) is 4.90 Å². The minimum Gasteiger partial charge on any atom is -0.468 e. The Labute approximate surface area is 137 Å². The van der Waals surface area contributed by atoms with Gasteiger partial charge in [0.1, 0.15) is 5.76 Å². The van der Waals surface area contributed by atoms with Gasteiger partial charge in [-0.15, -0.1) is 0 Å². The second-order valence-electron chi connectivity index (χ2n) is 5.37. The van der Waals surface area contributed by atoms with Gasteiger partial charge in [0, 0.05) is 6.54 Å². The number of rotatable bonds is 5. The molecule has 1 heterocycles. The number of likely N-dealkylation sites (N-methyl/N-ethyl adjacent to an activating group) is 1. The Morgan fingerprint density at radius 2 is 1.92 bits per heavy atom. The van der Waals surface area contributed by atoms with E-state index >= 15 is 0 Å². The lowest BCUT2D eigenvalue weighted by Crippen LogP contribution is -2.37. The van der Waals surface area contributed by atoms with E-state index in [0.29, 0.717) is 5.76 Å². The van der Waals surface area contributed by atoms with E-state index in [1.54, 1.807) is 12.1 Å². The molecule has 0 bridgehead atoms. The van der Waals surface area contributed by atoms with Gasteiger partial charge in [0.15, 0.2) is 0 Å². The lowest BCUT2D eigenvalue weighted by atomic mass is 10.1. The molecule has 1 atom stereocenters. The van der Waals surface area contributed by atoms with Crippen LogP contribution in [0, 0.1) is 0 Å². The van der Waals surface area contributed by atoms with Crippen molar-refractivity contribution < 1.29 is 22.4 Å². The molecule has 130 valence electrons. The van der Waals surface area contributed by atoms with Crippen LogP contribution in [0.15, 0.2) is 47.1 Å². The molecule has 0 spiro atoms. The maximum Gasteiger partial charge on any atom is 0.418 e. The van der Waals surface area contributed by atoms with E-state index in [9.17, 15) is 18.0 Å². The molecular formula is C16H18F3N3O2. The highest BCUT2D eigenvalue weighted by molar-refractivity contribution is 5.90. The minimum absolute atomic E-state index is 0.181. The Morgan fingerprint density at radius 3 is 2.50 bits per heavy atom. The standard InChI is InChI=1S/C16H18F3N3O2/c1-22(2)13(14-8-5-9-24-14)10-20-15(23)21-12-7-4-3-6-11(12)16(17,18)19/h3-9,13H,10H2,1-2H3,(H2,20,21,23)/t13-/m1/s1. The zero-order chi connectivity index (χ0) is 17.7. The summed E-state index contributed by atoms with van der Waals surface area (Å²) in [6.07, 6.45) is -3.02. The normalized spacial score (nSPS) is 12.9. The van der Waals surface area contributed by atoms with Crippen LogP contribution in [0.1, 0.15) is 17.4 Å². The SMILES string of the molecule is CN(C)[C@H](CNC(=O)Nc1ccccc1C(F)(F)F)c1ccco1. The summed E-state index contributed by atoms with van der Waals surface area (Å²) >= 11 is 0. The fourth-order valence-electron chi connectivity index (χ4n) is 2.21. The fourth-order valence-corrected chi connectivity index (χ4v) is 2.21. The third kappa shape index (κ3) is 4.51. The Balaban J connectivity index is 2.01. The number of amides is 2. The Morgan fingerprint density at radius 1 is 1.21 bits per heavy atom. The van der Waals surface area contributed by atoms with E-state index in [1.807, 2.05) is 19.0 Å². The van der Waals surface area contributed by atoms with Gasteiger partial charge in [-0.2, -0.15) is 13.2 Å². The molecule has 0 aliphatic heterocycles. The van der Waals surface area contributed by atoms with Gasteiger partial charge in [-0.05, 0) is 38.4 Å². The second-order valence-corrected chi connectivity index (χ2v) is 5.37. The van der Waals surface area contributed by atoms with E-state index < -0.39 is 17.8 Å². The topological polar surface area (TPSA) is 57.5 Å². The number of carbonyl (C=O) groups is 1. The maximum atomic E-state index is 12.9. The molecule has 2 amide bonds. The number of urea groups is 1. The molecule has 2 aromatic rings. The number of hydrogen-bond donors (Lipinski definition) is 2. The fraction of sp³-hybridized carbons (Fsp3) is 0.312. The molecule has 8 heteroatoms. The van der Waals surface area contributed by atoms with E-state index in [2.05, 4.69) is 10.6 Å². The number of alkyl halides is 3. The summed E-state index contributed by atoms with van der Waals surface area (Å²) in [6.45, 7) is 0.181. The maximum absolute atomic E-state index is 12.9. The Hall–Kier alpha value is -2.48. The Bertz CT molecular complexity index is 669. The van der Waals surface area contributed by atoms with Crippen molar-refractivity contribution in [2.45, 2.75) is 12.2 Å². The molecule has 2 N–H and O–H groups in total. The number of nitrogens with one attached hydrogen (secondary N) is 2. The highest BCUT2D eigenvalue weighted by Gasteiger charge is 2.33. The molecular weight excluding hydrogens is 323 g/mol. The molecule has 0 saturated heterocycles. The quantitative estimate of drug-likeness (QED) is 0.871. The molecule has 5 nitrogen and oxygen atoms in total. The van der Waals surface area contributed by atoms with Gasteiger partial charge < -0.3 is 15.1 Å². The van der Waals surface area contributed by atoms with E-state index in [4.69, 9.17) is 4.42 Å². The van der Waals surface area contributed by atoms with Crippen molar-refractivity contribution >= 4 is 11.7 Å². The van der Waals surface area contributed by atoms with Gasteiger partial charge in [-0.25, -0.2) is 4.79 Å². The summed E-state index contributed by atoms with van der Waals surface area (Å²) in [5.41, 5.74) is -1.18. The summed E-state index contributed by atoms with van der Waals surface area (Å²) in [5.74, 6) is 0.649. The molecule has 0 aliphatic rings. The number of nitrogens with zero attached hydrogens (tertiary/aromatic N) is 1. The van der Waals surface area contributed by atoms with Crippen LogP contribution in [0.4, 0.5) is 23.7 Å². The first kappa shape index (κ1) is 17.9. The number of furan rings is 1. The molecule has 0 fully saturated rings. The smallest absolute Gasteiger partial charge is 0.418 e. The lowest BCUT2D eigenvalue weighted by Gasteiger charge is -2.23. The monoisotopic (exact) mass is 341 g/mol. The molecule has 1 aromatic heterocycles. The molecule has 0 unspecified atom stereocenters. The number of hydrogen-bond acceptors (Lipinski definition) is 3. The van der Waals surface area contributed by atoms with Crippen molar-refractivity contribution in [1.29, 1.82) is 0 Å². The average Bonchev–Trinajstić information content (AvgIpc) is 3.00. The summed E-state index contributed by atoms with van der Waals surface area (Å²) in [4.78, 5) is 13.8. The van der Waals surface area contributed by atoms with Crippen LogP contribution in [0.2, 0.25) is 0 Å². The van der Waals surface area contributed by atoms with Crippen LogP contribution in [0.25, 0.3) is 0 Å². The van der Waals surface area contributed by atoms with E-state index in [1.165, 1.54) is 24.5 Å². The predicted octanol–water partition coefficient (Wildman–Crippen LogP) is 3.72. The number of para-hydroxylation sites is 1. The van der Waals surface area contributed by atoms with E-state index in [-0.39, 0.29) is 18.3 Å². The predicted molar refractivity (Wildman–Crippen MR) is 83.6 cm³/mol. The Kier molecular flexibility index (Phi) is 5.50. The highest BCUT2D eigenvalue weighted by atomic mass is 19.4. The molecule has 24 heavy (non-hydrogen) atoms. The summed E-state index contributed by atoms with van der Waals surface area (Å²) in [5, 5.41) is 4.80. The van der Waals surface area contributed by atoms with Gasteiger partial charge in [0.05, 0.1) is 23.6 Å². The van der Waals surface area contributed by atoms with E-state index in [0.717, 1.165) is 6.07 Å². The van der Waals surface area contributed by atoms with Gasteiger partial charge in [0.2, 0.25) is 0 Å². The van der Waals surface area contributed by atoms with Crippen LogP contribution in [-0.4, -0.2) is 31.6 Å². The van der Waals surface area contributed by atoms with Crippen molar-refractivity contribution in [3.8, 4) is 0 Å². The summed E-state index contributed by atoms with van der Waals surface area (Å²) in [7, 11) is 3.62. The van der Waals surface area contributed by atoms with Gasteiger partial charge in [-0.1, -0.05) is 12.1 Å². The van der Waals surface area contributed by atoms with Crippen molar-refractivity contribution in [1.82, 2.24) is 10.2 Å². The van der Waals surface area contributed by atoms with Crippen molar-refractivity contribution in [3.63, 3.8) is 0 Å². The van der Waals surface area contributed by atoms with Crippen molar-refractivity contribution in [2.75, 3.05) is 26.0 Å². The number of halogens is 3. The molecule has 0 radical (unpaired) electrons. The van der Waals surface area contributed by atoms with Crippen molar-refractivity contribution in [3.05, 3.63) is 54.0 Å². The molecule has 2 rings (SSSR count). The molecule has 0 saturated carbocycles. The number of benzene rings is 1. The first-order valence-electron chi connectivity index (χ1n) is 7.20. The van der Waals surface area contributed by atoms with Crippen molar-refractivity contribution in [2.24, 2.45) is 0 Å². The van der Waals surface area contributed by atoms with Gasteiger partial charge in [0.25, 0.3) is 0 Å². The number of anilines is 1. The molecule has 0 aliphatic carbocycles. The minimum atomic E-state index is -4.54. The largest absolute Gasteiger partial charge is 0.468 e. The third-order valence-corrected chi connectivity index (χ3v) is 3.43. The first-order chi connectivity index (χ1) is 11.3.